The van der Waals surface area contributed by atoms with Gasteiger partial charge in [-0.25, -0.2) is 4.98 Å². The van der Waals surface area contributed by atoms with E-state index in [-0.39, 0.29) is 18.6 Å². The van der Waals surface area contributed by atoms with Gasteiger partial charge in [0.1, 0.15) is 10.7 Å². The normalized spacial score (nSPS) is 17.5. The van der Waals surface area contributed by atoms with Crippen molar-refractivity contribution in [1.82, 2.24) is 14.8 Å². The van der Waals surface area contributed by atoms with E-state index in [1.807, 2.05) is 30.3 Å². The average molecular weight is 375 g/mol. The van der Waals surface area contributed by atoms with Crippen LogP contribution in [0.1, 0.15) is 10.5 Å². The van der Waals surface area contributed by atoms with Crippen LogP contribution in [0.25, 0.3) is 10.6 Å². The Balaban J connectivity index is 1.62. The third-order valence-corrected chi connectivity index (χ3v) is 4.98. The Morgan fingerprint density at radius 2 is 2.15 bits per heavy atom. The molecular weight excluding hydrogens is 354 g/mol. The van der Waals surface area contributed by atoms with Crippen molar-refractivity contribution < 1.29 is 19.4 Å². The second kappa shape index (κ2) is 8.39. The number of hydrogen-bond acceptors (Lipinski definition) is 6. The minimum Gasteiger partial charge on any atom is -0.480 e. The van der Waals surface area contributed by atoms with Gasteiger partial charge in [0.25, 0.3) is 5.91 Å². The molecule has 1 aromatic heterocycles. The van der Waals surface area contributed by atoms with E-state index in [9.17, 15) is 9.59 Å². The second-order valence-electron chi connectivity index (χ2n) is 6.24. The van der Waals surface area contributed by atoms with Crippen LogP contribution >= 0.6 is 11.3 Å². The third kappa shape index (κ3) is 4.66. The van der Waals surface area contributed by atoms with Gasteiger partial charge in [0.2, 0.25) is 0 Å². The SMILES string of the molecule is CN(CC(=O)O)CC1CN(C(=O)c2csc(-c3ccccc3)n2)CCO1. The van der Waals surface area contributed by atoms with Crippen LogP contribution in [0, 0.1) is 0 Å². The minimum atomic E-state index is -0.882. The fraction of sp³-hybridized carbons (Fsp3) is 0.389. The molecular formula is C18H21N3O4S. The number of rotatable bonds is 6. The van der Waals surface area contributed by atoms with E-state index < -0.39 is 5.97 Å². The lowest BCUT2D eigenvalue weighted by Crippen LogP contribution is -2.49. The second-order valence-corrected chi connectivity index (χ2v) is 7.10. The molecule has 1 aromatic carbocycles. The minimum absolute atomic E-state index is 0.0552. The van der Waals surface area contributed by atoms with Gasteiger partial charge in [-0.3, -0.25) is 14.5 Å². The molecule has 8 heteroatoms. The van der Waals surface area contributed by atoms with Crippen molar-refractivity contribution in [2.24, 2.45) is 0 Å². The van der Waals surface area contributed by atoms with E-state index in [0.717, 1.165) is 10.6 Å². The zero-order chi connectivity index (χ0) is 18.5. The number of aliphatic carboxylic acids is 1. The first-order chi connectivity index (χ1) is 12.5. The molecule has 0 saturated carbocycles. The largest absolute Gasteiger partial charge is 0.480 e. The van der Waals surface area contributed by atoms with E-state index in [2.05, 4.69) is 4.98 Å². The molecule has 0 radical (unpaired) electrons. The van der Waals surface area contributed by atoms with Gasteiger partial charge in [0.15, 0.2) is 0 Å². The molecule has 1 amide bonds. The molecule has 1 aliphatic heterocycles. The molecule has 1 unspecified atom stereocenters. The quantitative estimate of drug-likeness (QED) is 0.827. The lowest BCUT2D eigenvalue weighted by atomic mass is 10.2. The molecule has 1 saturated heterocycles. The Labute approximate surface area is 155 Å². The summed E-state index contributed by atoms with van der Waals surface area (Å²) in [7, 11) is 1.73. The summed E-state index contributed by atoms with van der Waals surface area (Å²) in [6, 6.07) is 9.77. The lowest BCUT2D eigenvalue weighted by molar-refractivity contribution is -0.138. The van der Waals surface area contributed by atoms with Gasteiger partial charge in [-0.15, -0.1) is 11.3 Å². The number of benzene rings is 1. The Bertz CT molecular complexity index is 765. The first kappa shape index (κ1) is 18.5. The number of likely N-dealkylation sites (N-methyl/N-ethyl adjacent to an activating group) is 1. The van der Waals surface area contributed by atoms with E-state index in [1.165, 1.54) is 11.3 Å². The fourth-order valence-electron chi connectivity index (χ4n) is 2.90. The Morgan fingerprint density at radius 1 is 1.38 bits per heavy atom. The first-order valence-electron chi connectivity index (χ1n) is 8.35. The van der Waals surface area contributed by atoms with Gasteiger partial charge in [-0.2, -0.15) is 0 Å². The average Bonchev–Trinajstić information content (AvgIpc) is 3.11. The maximum Gasteiger partial charge on any atom is 0.317 e. The highest BCUT2D eigenvalue weighted by atomic mass is 32.1. The molecule has 1 N–H and O–H groups in total. The van der Waals surface area contributed by atoms with Crippen molar-refractivity contribution >= 4 is 23.2 Å². The summed E-state index contributed by atoms with van der Waals surface area (Å²) in [6.45, 7) is 1.78. The van der Waals surface area contributed by atoms with Crippen LogP contribution < -0.4 is 0 Å². The molecule has 1 aliphatic rings. The molecule has 138 valence electrons. The van der Waals surface area contributed by atoms with E-state index in [1.54, 1.807) is 22.2 Å². The molecule has 1 atom stereocenters. The summed E-state index contributed by atoms with van der Waals surface area (Å²) in [5.74, 6) is -0.996. The number of aromatic nitrogens is 1. The highest BCUT2D eigenvalue weighted by molar-refractivity contribution is 7.13. The van der Waals surface area contributed by atoms with Crippen molar-refractivity contribution in [2.45, 2.75) is 6.10 Å². The summed E-state index contributed by atoms with van der Waals surface area (Å²) >= 11 is 1.45. The molecule has 2 heterocycles. The van der Waals surface area contributed by atoms with Gasteiger partial charge in [-0.05, 0) is 7.05 Å². The number of nitrogens with zero attached hydrogens (tertiary/aromatic N) is 3. The summed E-state index contributed by atoms with van der Waals surface area (Å²) in [4.78, 5) is 31.4. The van der Waals surface area contributed by atoms with Gasteiger partial charge in [0, 0.05) is 30.6 Å². The number of ether oxygens (including phenoxy) is 1. The Morgan fingerprint density at radius 3 is 2.88 bits per heavy atom. The van der Waals surface area contributed by atoms with Crippen LogP contribution in [0.3, 0.4) is 0 Å². The van der Waals surface area contributed by atoms with Crippen LogP contribution in [-0.4, -0.2) is 77.7 Å². The predicted octanol–water partition coefficient (Wildman–Crippen LogP) is 1.67. The Hall–Kier alpha value is -2.29. The van der Waals surface area contributed by atoms with Crippen molar-refractivity contribution in [2.75, 3.05) is 39.8 Å². The highest BCUT2D eigenvalue weighted by Crippen LogP contribution is 2.24. The molecule has 0 aliphatic carbocycles. The van der Waals surface area contributed by atoms with Gasteiger partial charge < -0.3 is 14.7 Å². The molecule has 0 spiro atoms. The predicted molar refractivity (Wildman–Crippen MR) is 98.3 cm³/mol. The van der Waals surface area contributed by atoms with E-state index in [4.69, 9.17) is 9.84 Å². The van der Waals surface area contributed by atoms with Crippen LogP contribution in [0.2, 0.25) is 0 Å². The molecule has 1 fully saturated rings. The van der Waals surface area contributed by atoms with Crippen LogP contribution in [0.5, 0.6) is 0 Å². The highest BCUT2D eigenvalue weighted by Gasteiger charge is 2.27. The van der Waals surface area contributed by atoms with Crippen molar-refractivity contribution in [3.8, 4) is 10.6 Å². The van der Waals surface area contributed by atoms with Gasteiger partial charge in [-0.1, -0.05) is 30.3 Å². The van der Waals surface area contributed by atoms with Crippen LogP contribution in [0.4, 0.5) is 0 Å². The summed E-state index contributed by atoms with van der Waals surface area (Å²) < 4.78 is 5.67. The summed E-state index contributed by atoms with van der Waals surface area (Å²) in [6.07, 6.45) is -0.204. The zero-order valence-corrected chi connectivity index (χ0v) is 15.3. The summed E-state index contributed by atoms with van der Waals surface area (Å²) in [5, 5.41) is 11.4. The first-order valence-corrected chi connectivity index (χ1v) is 9.23. The fourth-order valence-corrected chi connectivity index (χ4v) is 3.70. The van der Waals surface area contributed by atoms with Crippen molar-refractivity contribution in [3.05, 3.63) is 41.4 Å². The number of carboxylic acids is 1. The molecule has 7 nitrogen and oxygen atoms in total. The molecule has 3 rings (SSSR count). The standard InChI is InChI=1S/C18H21N3O4S/c1-20(11-16(22)23)9-14-10-21(7-8-25-14)18(24)15-12-26-17(19-15)13-5-3-2-4-6-13/h2-6,12,14H,7-11H2,1H3,(H,22,23). The summed E-state index contributed by atoms with van der Waals surface area (Å²) in [5.41, 5.74) is 1.43. The maximum absolute atomic E-state index is 12.8. The number of carboxylic acid groups (broad SMARTS) is 1. The molecule has 26 heavy (non-hydrogen) atoms. The topological polar surface area (TPSA) is 83.0 Å². The van der Waals surface area contributed by atoms with Crippen LogP contribution in [-0.2, 0) is 9.53 Å². The number of amides is 1. The molecule has 2 aromatic rings. The number of morpholine rings is 1. The van der Waals surface area contributed by atoms with Gasteiger partial charge in [0.05, 0.1) is 19.3 Å². The lowest BCUT2D eigenvalue weighted by Gasteiger charge is -2.34. The van der Waals surface area contributed by atoms with E-state index in [0.29, 0.717) is 31.9 Å². The number of thiazole rings is 1. The van der Waals surface area contributed by atoms with Gasteiger partial charge >= 0.3 is 5.97 Å². The number of carbonyl (C=O) groups is 2. The monoisotopic (exact) mass is 375 g/mol. The Kier molecular flexibility index (Phi) is 5.97. The van der Waals surface area contributed by atoms with E-state index >= 15 is 0 Å². The molecule has 0 bridgehead atoms. The number of carbonyl (C=O) groups excluding carboxylic acids is 1. The zero-order valence-electron chi connectivity index (χ0n) is 14.5. The maximum atomic E-state index is 12.8. The smallest absolute Gasteiger partial charge is 0.317 e. The number of hydrogen-bond donors (Lipinski definition) is 1. The van der Waals surface area contributed by atoms with Crippen LogP contribution in [0.15, 0.2) is 35.7 Å². The third-order valence-electron chi connectivity index (χ3n) is 4.09. The van der Waals surface area contributed by atoms with Crippen molar-refractivity contribution in [1.29, 1.82) is 0 Å². The van der Waals surface area contributed by atoms with Crippen molar-refractivity contribution in [3.63, 3.8) is 0 Å².